The molecule has 0 unspecified atom stereocenters. The van der Waals surface area contributed by atoms with Crippen molar-refractivity contribution in [3.05, 3.63) is 44.6 Å². The van der Waals surface area contributed by atoms with Gasteiger partial charge < -0.3 is 10.3 Å². The Bertz CT molecular complexity index is 1040. The van der Waals surface area contributed by atoms with Gasteiger partial charge in [-0.05, 0) is 50.3 Å². The number of amides is 1. The van der Waals surface area contributed by atoms with E-state index in [0.717, 1.165) is 64.0 Å². The van der Waals surface area contributed by atoms with Gasteiger partial charge in [0.05, 0.1) is 10.9 Å². The zero-order valence-electron chi connectivity index (χ0n) is 18.5. The van der Waals surface area contributed by atoms with Gasteiger partial charge in [-0.15, -0.1) is 0 Å². The van der Waals surface area contributed by atoms with Crippen LogP contribution >= 0.6 is 0 Å². The molecule has 1 aromatic heterocycles. The fourth-order valence-corrected chi connectivity index (χ4v) is 5.14. The molecule has 2 heterocycles. The summed E-state index contributed by atoms with van der Waals surface area (Å²) < 4.78 is 1.23. The second kappa shape index (κ2) is 9.36. The highest BCUT2D eigenvalue weighted by molar-refractivity contribution is 5.78. The Morgan fingerprint density at radius 3 is 2.45 bits per heavy atom. The maximum absolute atomic E-state index is 12.4. The van der Waals surface area contributed by atoms with Gasteiger partial charge in [0.15, 0.2) is 0 Å². The van der Waals surface area contributed by atoms with E-state index >= 15 is 0 Å². The molecular weight excluding hydrogens is 394 g/mol. The number of fused-ring (bicyclic) bond motifs is 1. The molecule has 1 aliphatic heterocycles. The Balaban J connectivity index is 1.34. The van der Waals surface area contributed by atoms with Crippen LogP contribution in [0, 0.1) is 5.92 Å². The summed E-state index contributed by atoms with van der Waals surface area (Å²) in [5.41, 5.74) is 1.14. The lowest BCUT2D eigenvalue weighted by atomic mass is 9.84. The van der Waals surface area contributed by atoms with Gasteiger partial charge in [-0.1, -0.05) is 6.07 Å². The third-order valence-electron chi connectivity index (χ3n) is 7.01. The molecule has 8 heteroatoms. The van der Waals surface area contributed by atoms with Gasteiger partial charge in [0, 0.05) is 58.3 Å². The Morgan fingerprint density at radius 1 is 1.10 bits per heavy atom. The normalized spacial score (nSPS) is 23.2. The van der Waals surface area contributed by atoms with Crippen molar-refractivity contribution in [1.82, 2.24) is 24.7 Å². The topological polar surface area (TPSA) is 90.4 Å². The second-order valence-corrected chi connectivity index (χ2v) is 8.79. The molecule has 4 rings (SSSR count). The molecule has 1 saturated carbocycles. The summed E-state index contributed by atoms with van der Waals surface area (Å²) in [6.07, 6.45) is 4.18. The van der Waals surface area contributed by atoms with Crippen LogP contribution in [0.25, 0.3) is 10.9 Å². The van der Waals surface area contributed by atoms with E-state index in [1.807, 2.05) is 18.2 Å². The number of aromatic nitrogens is 2. The molecule has 1 aromatic carbocycles. The standard InChI is InChI=1S/C23H33N5O3/c1-3-28-22(30)19-9-4-16(14-20(19)25-23(28)31)15-26-10-12-27(13-11-26)18-7-5-17(6-8-18)21(29)24-2/h4,9,14,17-18H,3,5-8,10-13,15H2,1-2H3,(H,24,29)(H,25,31). The van der Waals surface area contributed by atoms with E-state index in [1.54, 1.807) is 14.0 Å². The van der Waals surface area contributed by atoms with Crippen molar-refractivity contribution in [2.75, 3.05) is 33.2 Å². The highest BCUT2D eigenvalue weighted by Gasteiger charge is 2.30. The monoisotopic (exact) mass is 427 g/mol. The molecular formula is C23H33N5O3. The first-order chi connectivity index (χ1) is 15.0. The zero-order valence-corrected chi connectivity index (χ0v) is 18.5. The van der Waals surface area contributed by atoms with Gasteiger partial charge in [-0.3, -0.25) is 24.0 Å². The summed E-state index contributed by atoms with van der Waals surface area (Å²) >= 11 is 0. The Kier molecular flexibility index (Phi) is 6.57. The van der Waals surface area contributed by atoms with E-state index in [9.17, 15) is 14.4 Å². The third-order valence-corrected chi connectivity index (χ3v) is 7.01. The van der Waals surface area contributed by atoms with Crippen LogP contribution in [-0.2, 0) is 17.9 Å². The lowest BCUT2D eigenvalue weighted by Crippen LogP contribution is -2.51. The quantitative estimate of drug-likeness (QED) is 0.747. The number of nitrogens with one attached hydrogen (secondary N) is 2. The van der Waals surface area contributed by atoms with Gasteiger partial charge in [-0.2, -0.15) is 0 Å². The van der Waals surface area contributed by atoms with Gasteiger partial charge in [0.25, 0.3) is 5.56 Å². The van der Waals surface area contributed by atoms with E-state index in [1.165, 1.54) is 4.57 Å². The summed E-state index contributed by atoms with van der Waals surface area (Å²) in [6.45, 7) is 7.06. The minimum atomic E-state index is -0.350. The van der Waals surface area contributed by atoms with Crippen molar-refractivity contribution < 1.29 is 4.79 Å². The fourth-order valence-electron chi connectivity index (χ4n) is 5.14. The summed E-state index contributed by atoms with van der Waals surface area (Å²) in [5, 5.41) is 3.34. The van der Waals surface area contributed by atoms with Crippen molar-refractivity contribution in [3.8, 4) is 0 Å². The smallest absolute Gasteiger partial charge is 0.328 e. The Morgan fingerprint density at radius 2 is 1.81 bits per heavy atom. The largest absolute Gasteiger partial charge is 0.359 e. The van der Waals surface area contributed by atoms with E-state index in [4.69, 9.17) is 0 Å². The Labute approximate surface area is 182 Å². The summed E-state index contributed by atoms with van der Waals surface area (Å²) in [4.78, 5) is 44.3. The predicted molar refractivity (Wildman–Crippen MR) is 121 cm³/mol. The minimum Gasteiger partial charge on any atom is -0.359 e. The van der Waals surface area contributed by atoms with Crippen molar-refractivity contribution in [2.24, 2.45) is 5.92 Å². The van der Waals surface area contributed by atoms with E-state index < -0.39 is 0 Å². The molecule has 0 radical (unpaired) electrons. The van der Waals surface area contributed by atoms with Gasteiger partial charge in [0.1, 0.15) is 0 Å². The maximum atomic E-state index is 12.4. The van der Waals surface area contributed by atoms with Crippen LogP contribution in [-0.4, -0.2) is 64.5 Å². The second-order valence-electron chi connectivity index (χ2n) is 8.79. The highest BCUT2D eigenvalue weighted by atomic mass is 16.2. The predicted octanol–water partition coefficient (Wildman–Crippen LogP) is 1.13. The molecule has 168 valence electrons. The fraction of sp³-hybridized carbons (Fsp3) is 0.609. The molecule has 8 nitrogen and oxygen atoms in total. The number of rotatable bonds is 5. The molecule has 0 bridgehead atoms. The third kappa shape index (κ3) is 4.60. The summed E-state index contributed by atoms with van der Waals surface area (Å²) in [6, 6.07) is 6.35. The van der Waals surface area contributed by atoms with Crippen LogP contribution in [0.5, 0.6) is 0 Å². The number of carbonyl (C=O) groups excluding carboxylic acids is 1. The molecule has 0 atom stereocenters. The van der Waals surface area contributed by atoms with E-state index in [0.29, 0.717) is 23.5 Å². The SMILES string of the molecule is CCn1c(=O)[nH]c2cc(CN3CCN(C4CCC(C(=O)NC)CC4)CC3)ccc2c1=O. The lowest BCUT2D eigenvalue weighted by Gasteiger charge is -2.41. The number of aromatic amines is 1. The first kappa shape index (κ1) is 21.8. The highest BCUT2D eigenvalue weighted by Crippen LogP contribution is 2.28. The molecule has 0 spiro atoms. The number of benzene rings is 1. The average Bonchev–Trinajstić information content (AvgIpc) is 2.79. The van der Waals surface area contributed by atoms with Gasteiger partial charge >= 0.3 is 5.69 Å². The van der Waals surface area contributed by atoms with E-state index in [-0.39, 0.29) is 23.1 Å². The van der Waals surface area contributed by atoms with Gasteiger partial charge in [-0.25, -0.2) is 4.79 Å². The van der Waals surface area contributed by atoms with Crippen molar-refractivity contribution >= 4 is 16.8 Å². The van der Waals surface area contributed by atoms with Crippen molar-refractivity contribution in [2.45, 2.75) is 51.7 Å². The lowest BCUT2D eigenvalue weighted by molar-refractivity contribution is -0.125. The average molecular weight is 428 g/mol. The number of nitrogens with zero attached hydrogens (tertiary/aromatic N) is 3. The number of hydrogen-bond donors (Lipinski definition) is 2. The molecule has 2 N–H and O–H groups in total. The number of piperazine rings is 1. The molecule has 1 amide bonds. The molecule has 2 aliphatic rings. The summed E-state index contributed by atoms with van der Waals surface area (Å²) in [7, 11) is 1.72. The van der Waals surface area contributed by atoms with Gasteiger partial charge in [0.2, 0.25) is 5.91 Å². The molecule has 2 aromatic rings. The van der Waals surface area contributed by atoms with Crippen LogP contribution in [0.2, 0.25) is 0 Å². The van der Waals surface area contributed by atoms with Crippen LogP contribution in [0.1, 0.15) is 38.2 Å². The molecule has 31 heavy (non-hydrogen) atoms. The minimum absolute atomic E-state index is 0.184. The molecule has 1 saturated heterocycles. The Hall–Kier alpha value is -2.45. The zero-order chi connectivity index (χ0) is 22.0. The van der Waals surface area contributed by atoms with Crippen LogP contribution in [0.3, 0.4) is 0 Å². The summed E-state index contributed by atoms with van der Waals surface area (Å²) in [5.74, 6) is 0.372. The molecule has 2 fully saturated rings. The van der Waals surface area contributed by atoms with Crippen LogP contribution in [0.4, 0.5) is 0 Å². The van der Waals surface area contributed by atoms with Crippen molar-refractivity contribution in [3.63, 3.8) is 0 Å². The number of hydrogen-bond acceptors (Lipinski definition) is 5. The maximum Gasteiger partial charge on any atom is 0.328 e. The number of carbonyl (C=O) groups is 1. The first-order valence-electron chi connectivity index (χ1n) is 11.4. The van der Waals surface area contributed by atoms with Crippen LogP contribution < -0.4 is 16.6 Å². The van der Waals surface area contributed by atoms with Crippen LogP contribution in [0.15, 0.2) is 27.8 Å². The first-order valence-corrected chi connectivity index (χ1v) is 11.4. The molecule has 1 aliphatic carbocycles. The number of H-pyrrole nitrogens is 1. The van der Waals surface area contributed by atoms with Crippen molar-refractivity contribution in [1.29, 1.82) is 0 Å². The van der Waals surface area contributed by atoms with E-state index in [2.05, 4.69) is 20.1 Å².